The standard InChI is InChI=1S/C14H37FO8Si4/c1-19-27(6,14-20-13-15)23-26(5,12-9-18)22-25(4,11-8-17)21-24(2,3)10-7-16/h16-18H,7-14H2,1-6H3. The Morgan fingerprint density at radius 3 is 1.56 bits per heavy atom. The van der Waals surface area contributed by atoms with Gasteiger partial charge in [0, 0.05) is 39.0 Å². The molecule has 3 unspecified atom stereocenters. The summed E-state index contributed by atoms with van der Waals surface area (Å²) in [6, 6.07) is 1.19. The molecule has 0 aliphatic rings. The molecule has 8 nitrogen and oxygen atoms in total. The van der Waals surface area contributed by atoms with Crippen LogP contribution in [0, 0.1) is 0 Å². The van der Waals surface area contributed by atoms with E-state index in [-0.39, 0.29) is 32.1 Å². The number of aliphatic hydroxyl groups is 3. The first-order valence-corrected chi connectivity index (χ1v) is 19.7. The van der Waals surface area contributed by atoms with Gasteiger partial charge in [-0.15, -0.1) is 0 Å². The van der Waals surface area contributed by atoms with Gasteiger partial charge in [-0.1, -0.05) is 0 Å². The molecule has 3 atom stereocenters. The minimum atomic E-state index is -2.98. The predicted molar refractivity (Wildman–Crippen MR) is 110 cm³/mol. The molecule has 27 heavy (non-hydrogen) atoms. The third kappa shape index (κ3) is 10.7. The van der Waals surface area contributed by atoms with E-state index in [1.807, 2.05) is 26.2 Å². The van der Waals surface area contributed by atoms with Gasteiger partial charge in [0.15, 0.2) is 15.2 Å². The van der Waals surface area contributed by atoms with Crippen LogP contribution in [0.1, 0.15) is 0 Å². The van der Waals surface area contributed by atoms with Crippen molar-refractivity contribution >= 4 is 34.0 Å². The normalized spacial score (nSPS) is 19.3. The summed E-state index contributed by atoms with van der Waals surface area (Å²) in [6.07, 6.45) is 0.00125. The molecule has 13 heteroatoms. The van der Waals surface area contributed by atoms with Gasteiger partial charge in [-0.2, -0.15) is 0 Å². The number of hydrogen-bond acceptors (Lipinski definition) is 8. The second-order valence-electron chi connectivity index (χ2n) is 7.55. The zero-order chi connectivity index (χ0) is 21.2. The van der Waals surface area contributed by atoms with E-state index in [1.165, 1.54) is 7.11 Å². The van der Waals surface area contributed by atoms with E-state index >= 15 is 0 Å². The molecule has 164 valence electrons. The van der Waals surface area contributed by atoms with Crippen LogP contribution in [-0.2, 0) is 21.5 Å². The van der Waals surface area contributed by atoms with Gasteiger partial charge in [-0.05, 0) is 38.8 Å². The second-order valence-corrected chi connectivity index (χ2v) is 22.5. The molecule has 0 aromatic carbocycles. The van der Waals surface area contributed by atoms with Crippen LogP contribution in [0.5, 0.6) is 0 Å². The third-order valence-corrected chi connectivity index (χ3v) is 20.2. The lowest BCUT2D eigenvalue weighted by Gasteiger charge is -2.43. The lowest BCUT2D eigenvalue weighted by atomic mass is 10.9. The summed E-state index contributed by atoms with van der Waals surface area (Å²) >= 11 is 0. The van der Waals surface area contributed by atoms with Crippen LogP contribution in [0.25, 0.3) is 0 Å². The van der Waals surface area contributed by atoms with E-state index in [9.17, 15) is 19.7 Å². The topological polar surface area (TPSA) is 107 Å². The molecular weight excluding hydrogens is 427 g/mol. The maximum atomic E-state index is 12.4. The number of halogens is 1. The molecule has 0 aromatic heterocycles. The molecule has 3 N–H and O–H groups in total. The van der Waals surface area contributed by atoms with Crippen LogP contribution in [0.3, 0.4) is 0 Å². The Morgan fingerprint density at radius 1 is 0.704 bits per heavy atom. The van der Waals surface area contributed by atoms with Crippen molar-refractivity contribution in [1.82, 2.24) is 0 Å². The zero-order valence-corrected chi connectivity index (χ0v) is 21.4. The molecule has 0 aliphatic heterocycles. The smallest absolute Gasteiger partial charge is 0.352 e. The Morgan fingerprint density at radius 2 is 1.15 bits per heavy atom. The molecule has 0 spiro atoms. The highest BCUT2D eigenvalue weighted by Gasteiger charge is 2.49. The molecule has 0 bridgehead atoms. The maximum Gasteiger partial charge on any atom is 0.352 e. The van der Waals surface area contributed by atoms with Crippen molar-refractivity contribution in [2.75, 3.05) is 40.0 Å². The largest absolute Gasteiger partial charge is 0.436 e. The van der Waals surface area contributed by atoms with E-state index < -0.39 is 40.9 Å². The van der Waals surface area contributed by atoms with Gasteiger partial charge in [0.25, 0.3) is 0 Å². The first kappa shape index (κ1) is 27.5. The van der Waals surface area contributed by atoms with Gasteiger partial charge in [-0.25, -0.2) is 4.39 Å². The molecule has 0 aliphatic carbocycles. The van der Waals surface area contributed by atoms with E-state index in [2.05, 4.69) is 0 Å². The minimum absolute atomic E-state index is 0.00125. The summed E-state index contributed by atoms with van der Waals surface area (Å²) in [5.74, 6) is 0. The first-order valence-electron chi connectivity index (χ1n) is 9.04. The molecule has 0 radical (unpaired) electrons. The number of alkyl halides is 1. The van der Waals surface area contributed by atoms with Crippen molar-refractivity contribution in [3.8, 4) is 0 Å². The van der Waals surface area contributed by atoms with Gasteiger partial charge in [0.2, 0.25) is 0 Å². The minimum Gasteiger partial charge on any atom is -0.436 e. The molecule has 0 aromatic rings. The fraction of sp³-hybridized carbons (Fsp3) is 1.00. The highest BCUT2D eigenvalue weighted by atomic mass is 28.5. The number of rotatable bonds is 16. The van der Waals surface area contributed by atoms with Crippen LogP contribution in [0.15, 0.2) is 0 Å². The lowest BCUT2D eigenvalue weighted by Crippen LogP contribution is -2.61. The molecule has 0 heterocycles. The fourth-order valence-corrected chi connectivity index (χ4v) is 20.4. The third-order valence-electron chi connectivity index (χ3n) is 4.07. The predicted octanol–water partition coefficient (Wildman–Crippen LogP) is 1.56. The highest BCUT2D eigenvalue weighted by Crippen LogP contribution is 2.30. The molecule has 0 fully saturated rings. The van der Waals surface area contributed by atoms with Crippen molar-refractivity contribution in [2.45, 2.75) is 50.9 Å². The SMILES string of the molecule is CO[Si](C)(COCF)O[Si](C)(CCO)O[Si](C)(CCO)O[Si](C)(C)CCO. The van der Waals surface area contributed by atoms with Crippen molar-refractivity contribution < 1.29 is 41.2 Å². The molecule has 0 saturated heterocycles. The van der Waals surface area contributed by atoms with E-state index in [0.717, 1.165) is 0 Å². The number of aliphatic hydroxyl groups excluding tert-OH is 3. The maximum absolute atomic E-state index is 12.4. The summed E-state index contributed by atoms with van der Waals surface area (Å²) in [5, 5.41) is 28.4. The Kier molecular flexibility index (Phi) is 12.5. The Labute approximate surface area is 166 Å². The van der Waals surface area contributed by atoms with E-state index in [4.69, 9.17) is 21.5 Å². The first-order chi connectivity index (χ1) is 12.4. The Hall–Kier alpha value is 0.478. The second kappa shape index (κ2) is 12.2. The van der Waals surface area contributed by atoms with Crippen LogP contribution >= 0.6 is 0 Å². The van der Waals surface area contributed by atoms with E-state index in [0.29, 0.717) is 12.1 Å². The van der Waals surface area contributed by atoms with Gasteiger partial charge >= 0.3 is 25.7 Å². The van der Waals surface area contributed by atoms with Gasteiger partial charge in [0.1, 0.15) is 0 Å². The summed E-state index contributed by atoms with van der Waals surface area (Å²) in [7, 11) is -9.43. The summed E-state index contributed by atoms with van der Waals surface area (Å²) in [5.41, 5.74) is 0. The van der Waals surface area contributed by atoms with E-state index in [1.54, 1.807) is 6.55 Å². The van der Waals surface area contributed by atoms with Crippen molar-refractivity contribution in [1.29, 1.82) is 0 Å². The van der Waals surface area contributed by atoms with Crippen molar-refractivity contribution in [2.24, 2.45) is 0 Å². The van der Waals surface area contributed by atoms with Gasteiger partial charge in [-0.3, -0.25) is 0 Å². The molecule has 0 rings (SSSR count). The zero-order valence-electron chi connectivity index (χ0n) is 17.4. The van der Waals surface area contributed by atoms with Crippen LogP contribution in [0.2, 0.25) is 50.9 Å². The Bertz CT molecular complexity index is 425. The average Bonchev–Trinajstić information content (AvgIpc) is 2.51. The van der Waals surface area contributed by atoms with Crippen LogP contribution < -0.4 is 0 Å². The number of ether oxygens (including phenoxy) is 1. The van der Waals surface area contributed by atoms with Crippen molar-refractivity contribution in [3.05, 3.63) is 0 Å². The molecule has 0 amide bonds. The van der Waals surface area contributed by atoms with Crippen molar-refractivity contribution in [3.63, 3.8) is 0 Å². The monoisotopic (exact) mass is 464 g/mol. The summed E-state index contributed by atoms with van der Waals surface area (Å²) in [6.45, 7) is 8.27. The number of hydrogen-bond donors (Lipinski definition) is 3. The Balaban J connectivity index is 5.53. The quantitative estimate of drug-likeness (QED) is 0.296. The fourth-order valence-electron chi connectivity index (χ4n) is 2.82. The molecule has 0 saturated carbocycles. The lowest BCUT2D eigenvalue weighted by molar-refractivity contribution is 0.0661. The summed E-state index contributed by atoms with van der Waals surface area (Å²) in [4.78, 5) is 0. The molecular formula is C14H37FO8Si4. The summed E-state index contributed by atoms with van der Waals surface area (Å²) < 4.78 is 41.9. The van der Waals surface area contributed by atoms with Gasteiger partial charge < -0.3 is 36.8 Å². The highest BCUT2D eigenvalue weighted by molar-refractivity contribution is 6.89. The van der Waals surface area contributed by atoms with Gasteiger partial charge in [0.05, 0.1) is 6.23 Å². The average molecular weight is 465 g/mol. The van der Waals surface area contributed by atoms with Crippen LogP contribution in [-0.4, -0.2) is 89.3 Å². The van der Waals surface area contributed by atoms with Crippen LogP contribution in [0.4, 0.5) is 4.39 Å².